The van der Waals surface area contributed by atoms with Crippen LogP contribution in [0.1, 0.15) is 182 Å². The molecule has 0 aliphatic carbocycles. The van der Waals surface area contributed by atoms with Gasteiger partial charge >= 0.3 is 0 Å². The minimum atomic E-state index is -0.887. The summed E-state index contributed by atoms with van der Waals surface area (Å²) in [5.74, 6) is 12.2. The van der Waals surface area contributed by atoms with Gasteiger partial charge in [-0.3, -0.25) is 0 Å². The fourth-order valence-electron chi connectivity index (χ4n) is 5.44. The average molecular weight is 695 g/mol. The highest BCUT2D eigenvalue weighted by Crippen LogP contribution is 2.32. The maximum atomic E-state index is 6.74. The molecular formula is C46H78O4. The highest BCUT2D eigenvalue weighted by Gasteiger charge is 2.38. The second-order valence-corrected chi connectivity index (χ2v) is 13.3. The van der Waals surface area contributed by atoms with Gasteiger partial charge in [-0.2, -0.15) is 0 Å². The van der Waals surface area contributed by atoms with Gasteiger partial charge in [-0.1, -0.05) is 154 Å². The van der Waals surface area contributed by atoms with Gasteiger partial charge in [0.1, 0.15) is 0 Å². The second-order valence-electron chi connectivity index (χ2n) is 13.3. The molecule has 4 heteroatoms. The molecule has 0 aliphatic heterocycles. The first-order valence-corrected chi connectivity index (χ1v) is 20.8. The molecule has 50 heavy (non-hydrogen) atoms. The van der Waals surface area contributed by atoms with Gasteiger partial charge in [0.2, 0.25) is 5.79 Å². The zero-order valence-electron chi connectivity index (χ0n) is 33.3. The molecule has 0 rings (SSSR count). The van der Waals surface area contributed by atoms with Crippen molar-refractivity contribution in [2.75, 3.05) is 33.0 Å². The van der Waals surface area contributed by atoms with Crippen LogP contribution >= 0.6 is 0 Å². The van der Waals surface area contributed by atoms with Gasteiger partial charge in [-0.15, -0.1) is 0 Å². The van der Waals surface area contributed by atoms with Crippen LogP contribution in [0.25, 0.3) is 0 Å². The first kappa shape index (κ1) is 47.8. The Morgan fingerprint density at radius 3 is 1.56 bits per heavy atom. The maximum absolute atomic E-state index is 6.74. The largest absolute Gasteiger partial charge is 0.492 e. The maximum Gasteiger partial charge on any atom is 0.228 e. The third-order valence-electron chi connectivity index (χ3n) is 8.60. The zero-order chi connectivity index (χ0) is 36.5. The summed E-state index contributed by atoms with van der Waals surface area (Å²) in [6, 6.07) is 0. The number of hydrogen-bond donors (Lipinski definition) is 0. The molecule has 0 unspecified atom stereocenters. The lowest BCUT2D eigenvalue weighted by molar-refractivity contribution is -0.238. The van der Waals surface area contributed by atoms with Crippen LogP contribution in [0.3, 0.4) is 0 Å². The quantitative estimate of drug-likeness (QED) is 0.0286. The minimum Gasteiger partial charge on any atom is -0.492 e. The van der Waals surface area contributed by atoms with Gasteiger partial charge < -0.3 is 18.9 Å². The molecule has 0 spiro atoms. The highest BCUT2D eigenvalue weighted by molar-refractivity contribution is 5.27. The van der Waals surface area contributed by atoms with E-state index in [1.807, 2.05) is 18.2 Å². The normalized spacial score (nSPS) is 11.9. The van der Waals surface area contributed by atoms with Gasteiger partial charge in [0.25, 0.3) is 0 Å². The van der Waals surface area contributed by atoms with E-state index in [1.54, 1.807) is 6.08 Å². The molecule has 0 aromatic heterocycles. The molecule has 0 fully saturated rings. The molecule has 0 saturated heterocycles. The standard InChI is InChI=1S/C46H78O4/c1-6-11-16-17-18-19-22-25-28-31-34-39-46(49-43-35-12-7-2,50-44-36-13-8-3)45(48-42-15-10-5)38-33-30-27-24-21-20-23-26-29-32-37-41-47-40-14-9-4/h6,17-18,24,27,38H,1,7-10,12-15,19-23,25-26,28-29,31-32,34-37,39-44H2,2-5H3/b18-17-,27-24-,45-38?. The van der Waals surface area contributed by atoms with Gasteiger partial charge in [0.15, 0.2) is 5.76 Å². The molecule has 0 saturated carbocycles. The van der Waals surface area contributed by atoms with E-state index in [1.165, 1.54) is 70.6 Å². The first-order valence-electron chi connectivity index (χ1n) is 20.8. The van der Waals surface area contributed by atoms with Crippen LogP contribution in [0.5, 0.6) is 0 Å². The molecule has 0 aromatic carbocycles. The van der Waals surface area contributed by atoms with E-state index in [0.29, 0.717) is 19.8 Å². The smallest absolute Gasteiger partial charge is 0.228 e. The van der Waals surface area contributed by atoms with Crippen molar-refractivity contribution in [1.29, 1.82) is 0 Å². The summed E-state index contributed by atoms with van der Waals surface area (Å²) in [4.78, 5) is 0. The predicted molar refractivity (Wildman–Crippen MR) is 217 cm³/mol. The predicted octanol–water partition coefficient (Wildman–Crippen LogP) is 13.4. The molecular weight excluding hydrogens is 617 g/mol. The molecule has 4 nitrogen and oxygen atoms in total. The topological polar surface area (TPSA) is 36.9 Å². The van der Waals surface area contributed by atoms with Crippen molar-refractivity contribution in [2.45, 2.75) is 188 Å². The van der Waals surface area contributed by atoms with E-state index < -0.39 is 5.79 Å². The van der Waals surface area contributed by atoms with E-state index in [4.69, 9.17) is 18.9 Å². The monoisotopic (exact) mass is 695 g/mol. The Morgan fingerprint density at radius 2 is 0.980 bits per heavy atom. The van der Waals surface area contributed by atoms with Crippen molar-refractivity contribution in [3.63, 3.8) is 0 Å². The van der Waals surface area contributed by atoms with Crippen LogP contribution in [0, 0.1) is 23.7 Å². The van der Waals surface area contributed by atoms with Crippen molar-refractivity contribution in [3.05, 3.63) is 48.8 Å². The van der Waals surface area contributed by atoms with Crippen LogP contribution in [0.15, 0.2) is 48.8 Å². The molecule has 0 amide bonds. The molecule has 0 atom stereocenters. The summed E-state index contributed by atoms with van der Waals surface area (Å²) < 4.78 is 25.6. The molecule has 0 N–H and O–H groups in total. The first-order chi connectivity index (χ1) is 24.7. The molecule has 0 aromatic rings. The van der Waals surface area contributed by atoms with Crippen LogP contribution < -0.4 is 0 Å². The van der Waals surface area contributed by atoms with Crippen molar-refractivity contribution >= 4 is 0 Å². The van der Waals surface area contributed by atoms with E-state index in [0.717, 1.165) is 102 Å². The average Bonchev–Trinajstić information content (AvgIpc) is 3.13. The summed E-state index contributed by atoms with van der Waals surface area (Å²) in [5, 5.41) is 0. The van der Waals surface area contributed by atoms with E-state index in [2.05, 4.69) is 70.1 Å². The SMILES string of the molecule is C=CC#C/C=C\CCCCCCCC(OCCCCC)(OCCCCC)C(=CC#C/C=C\CCCCCCCCOCCCC)OCCCC. The molecule has 0 heterocycles. The zero-order valence-corrected chi connectivity index (χ0v) is 33.3. The Labute approximate surface area is 311 Å². The molecule has 0 bridgehead atoms. The van der Waals surface area contributed by atoms with Crippen molar-refractivity contribution in [1.82, 2.24) is 0 Å². The molecule has 0 aliphatic rings. The van der Waals surface area contributed by atoms with E-state index in [-0.39, 0.29) is 0 Å². The van der Waals surface area contributed by atoms with Gasteiger partial charge in [0, 0.05) is 25.7 Å². The fourth-order valence-corrected chi connectivity index (χ4v) is 5.44. The number of unbranched alkanes of at least 4 members (excludes halogenated alkanes) is 17. The van der Waals surface area contributed by atoms with Gasteiger partial charge in [-0.25, -0.2) is 0 Å². The number of hydrogen-bond acceptors (Lipinski definition) is 4. The summed E-state index contributed by atoms with van der Waals surface area (Å²) in [5.41, 5.74) is 0. The molecule has 0 radical (unpaired) electrons. The van der Waals surface area contributed by atoms with Crippen LogP contribution in [-0.2, 0) is 18.9 Å². The fraction of sp³-hybridized carbons (Fsp3) is 0.739. The van der Waals surface area contributed by atoms with Gasteiger partial charge in [0.05, 0.1) is 19.8 Å². The van der Waals surface area contributed by atoms with Crippen molar-refractivity contribution in [2.24, 2.45) is 0 Å². The minimum absolute atomic E-state index is 0.648. The molecule has 286 valence electrons. The van der Waals surface area contributed by atoms with Crippen LogP contribution in [0.4, 0.5) is 0 Å². The van der Waals surface area contributed by atoms with E-state index in [9.17, 15) is 0 Å². The lowest BCUT2D eigenvalue weighted by Gasteiger charge is -2.35. The Kier molecular flexibility index (Phi) is 37.8. The Balaban J connectivity index is 5.37. The summed E-state index contributed by atoms with van der Waals surface area (Å²) in [6.07, 6.45) is 39.2. The lowest BCUT2D eigenvalue weighted by atomic mass is 10.0. The van der Waals surface area contributed by atoms with Crippen molar-refractivity contribution in [3.8, 4) is 23.7 Å². The van der Waals surface area contributed by atoms with Crippen LogP contribution in [-0.4, -0.2) is 38.8 Å². The summed E-state index contributed by atoms with van der Waals surface area (Å²) >= 11 is 0. The van der Waals surface area contributed by atoms with Crippen molar-refractivity contribution < 1.29 is 18.9 Å². The Hall–Kier alpha value is -2.24. The van der Waals surface area contributed by atoms with Crippen LogP contribution in [0.2, 0.25) is 0 Å². The highest BCUT2D eigenvalue weighted by atomic mass is 16.7. The van der Waals surface area contributed by atoms with Gasteiger partial charge in [-0.05, 0) is 82.4 Å². The Morgan fingerprint density at radius 1 is 0.500 bits per heavy atom. The second kappa shape index (κ2) is 39.5. The number of allylic oxidation sites excluding steroid dienone is 6. The number of ether oxygens (including phenoxy) is 4. The summed E-state index contributed by atoms with van der Waals surface area (Å²) in [6.45, 7) is 16.3. The van der Waals surface area contributed by atoms with E-state index >= 15 is 0 Å². The third kappa shape index (κ3) is 30.6. The number of rotatable bonds is 35. The lowest BCUT2D eigenvalue weighted by Crippen LogP contribution is -2.40. The third-order valence-corrected chi connectivity index (χ3v) is 8.60. The summed E-state index contributed by atoms with van der Waals surface area (Å²) in [7, 11) is 0. The Bertz CT molecular complexity index is 942.